The van der Waals surface area contributed by atoms with Crippen LogP contribution in [-0.4, -0.2) is 22.0 Å². The lowest BCUT2D eigenvalue weighted by molar-refractivity contribution is -0.129. The second kappa shape index (κ2) is 4.10. The summed E-state index contributed by atoms with van der Waals surface area (Å²) in [5.41, 5.74) is -0.448. The van der Waals surface area contributed by atoms with Gasteiger partial charge in [-0.3, -0.25) is 0 Å². The van der Waals surface area contributed by atoms with Gasteiger partial charge in [0.1, 0.15) is 5.76 Å². The molecule has 2 N–H and O–H groups in total. The third-order valence-electron chi connectivity index (χ3n) is 1.28. The molecule has 1 aromatic heterocycles. The van der Waals surface area contributed by atoms with Crippen molar-refractivity contribution in [3.05, 3.63) is 30.2 Å². The number of carboxylic acid groups (broad SMARTS) is 1. The summed E-state index contributed by atoms with van der Waals surface area (Å²) in [6.07, 6.45) is 3.99. The Hall–Kier alpha value is -2.04. The van der Waals surface area contributed by atoms with Crippen LogP contribution in [0.3, 0.4) is 0 Å². The summed E-state index contributed by atoms with van der Waals surface area (Å²) in [5, 5.41) is 19.3. The van der Waals surface area contributed by atoms with E-state index >= 15 is 0 Å². The van der Waals surface area contributed by atoms with Gasteiger partial charge in [0.15, 0.2) is 5.71 Å². The van der Waals surface area contributed by atoms with Gasteiger partial charge in [-0.2, -0.15) is 0 Å². The number of nitrogens with zero attached hydrogens (tertiary/aromatic N) is 1. The van der Waals surface area contributed by atoms with Crippen LogP contribution in [-0.2, 0) is 4.79 Å². The molecule has 0 bridgehead atoms. The summed E-state index contributed by atoms with van der Waals surface area (Å²) >= 11 is 0. The van der Waals surface area contributed by atoms with Gasteiger partial charge < -0.3 is 14.7 Å². The number of carboxylic acids is 1. The third kappa shape index (κ3) is 2.48. The van der Waals surface area contributed by atoms with Crippen LogP contribution in [0.2, 0.25) is 0 Å². The highest BCUT2D eigenvalue weighted by molar-refractivity contribution is 6.40. The molecule has 0 aliphatic carbocycles. The third-order valence-corrected chi connectivity index (χ3v) is 1.28. The molecule has 0 amide bonds. The number of furan rings is 1. The highest BCUT2D eigenvalue weighted by Gasteiger charge is 2.04. The van der Waals surface area contributed by atoms with Crippen LogP contribution in [0.15, 0.2) is 34.0 Å². The molecule has 0 fully saturated rings. The first kappa shape index (κ1) is 9.05. The van der Waals surface area contributed by atoms with Crippen LogP contribution in [0.1, 0.15) is 5.76 Å². The summed E-state index contributed by atoms with van der Waals surface area (Å²) in [6.45, 7) is 0. The quantitative estimate of drug-likeness (QED) is 0.417. The fourth-order valence-electron chi connectivity index (χ4n) is 0.695. The van der Waals surface area contributed by atoms with E-state index in [1.54, 1.807) is 12.1 Å². The number of oxime groups is 1. The van der Waals surface area contributed by atoms with Crippen molar-refractivity contribution in [3.63, 3.8) is 0 Å². The number of carbonyl (C=O) groups is 1. The Morgan fingerprint density at radius 1 is 1.62 bits per heavy atom. The SMILES string of the molecule is O=C(O)C(C=Cc1ccco1)=NO. The van der Waals surface area contributed by atoms with Crippen LogP contribution < -0.4 is 0 Å². The highest BCUT2D eigenvalue weighted by atomic mass is 16.4. The molecule has 68 valence electrons. The smallest absolute Gasteiger partial charge is 0.357 e. The molecule has 0 aromatic carbocycles. The molecule has 0 saturated heterocycles. The molecule has 0 aliphatic heterocycles. The van der Waals surface area contributed by atoms with Gasteiger partial charge in [-0.25, -0.2) is 4.79 Å². The minimum Gasteiger partial charge on any atom is -0.476 e. The normalized spacial score (nSPS) is 12.2. The van der Waals surface area contributed by atoms with Gasteiger partial charge in [-0.1, -0.05) is 5.16 Å². The maximum absolute atomic E-state index is 10.3. The van der Waals surface area contributed by atoms with E-state index < -0.39 is 11.7 Å². The van der Waals surface area contributed by atoms with Crippen LogP contribution in [0.25, 0.3) is 6.08 Å². The Bertz CT molecular complexity index is 337. The van der Waals surface area contributed by atoms with Gasteiger partial charge in [0, 0.05) is 0 Å². The number of hydrogen-bond donors (Lipinski definition) is 2. The van der Waals surface area contributed by atoms with Crippen molar-refractivity contribution >= 4 is 17.8 Å². The van der Waals surface area contributed by atoms with E-state index in [-0.39, 0.29) is 0 Å². The molecular formula is C8H7NO4. The Balaban J connectivity index is 2.73. The van der Waals surface area contributed by atoms with Gasteiger partial charge in [-0.05, 0) is 24.3 Å². The van der Waals surface area contributed by atoms with Crippen LogP contribution in [0, 0.1) is 0 Å². The molecular weight excluding hydrogens is 174 g/mol. The molecule has 0 saturated carbocycles. The maximum Gasteiger partial charge on any atom is 0.357 e. The highest BCUT2D eigenvalue weighted by Crippen LogP contribution is 2.02. The average molecular weight is 181 g/mol. The fourth-order valence-corrected chi connectivity index (χ4v) is 0.695. The molecule has 1 rings (SSSR count). The molecule has 1 heterocycles. The van der Waals surface area contributed by atoms with E-state index in [0.717, 1.165) is 6.08 Å². The van der Waals surface area contributed by atoms with Crippen molar-refractivity contribution in [1.82, 2.24) is 0 Å². The fraction of sp³-hybridized carbons (Fsp3) is 0. The van der Waals surface area contributed by atoms with Crippen molar-refractivity contribution in [2.45, 2.75) is 0 Å². The lowest BCUT2D eigenvalue weighted by Gasteiger charge is -1.87. The lowest BCUT2D eigenvalue weighted by atomic mass is 10.3. The van der Waals surface area contributed by atoms with Crippen LogP contribution >= 0.6 is 0 Å². The topological polar surface area (TPSA) is 83.0 Å². The van der Waals surface area contributed by atoms with Crippen LogP contribution in [0.4, 0.5) is 0 Å². The van der Waals surface area contributed by atoms with Crippen molar-refractivity contribution in [2.24, 2.45) is 5.16 Å². The standard InChI is InChI=1S/C8H7NO4/c10-8(11)7(9-12)4-3-6-2-1-5-13-6/h1-5,12H,(H,10,11). The molecule has 0 aliphatic rings. The Morgan fingerprint density at radius 2 is 2.38 bits per heavy atom. The maximum atomic E-state index is 10.3. The van der Waals surface area contributed by atoms with Crippen molar-refractivity contribution in [1.29, 1.82) is 0 Å². The Labute approximate surface area is 73.6 Å². The van der Waals surface area contributed by atoms with E-state index in [1.807, 2.05) is 0 Å². The Kier molecular flexibility index (Phi) is 2.86. The minimum absolute atomic E-state index is 0.448. The molecule has 13 heavy (non-hydrogen) atoms. The molecule has 0 unspecified atom stereocenters. The number of rotatable bonds is 3. The zero-order valence-corrected chi connectivity index (χ0v) is 6.54. The molecule has 0 radical (unpaired) electrons. The van der Waals surface area contributed by atoms with Crippen LogP contribution in [0.5, 0.6) is 0 Å². The van der Waals surface area contributed by atoms with Gasteiger partial charge in [-0.15, -0.1) is 0 Å². The summed E-state index contributed by atoms with van der Waals surface area (Å²) in [7, 11) is 0. The van der Waals surface area contributed by atoms with E-state index in [0.29, 0.717) is 5.76 Å². The molecule has 5 nitrogen and oxygen atoms in total. The van der Waals surface area contributed by atoms with Crippen molar-refractivity contribution in [2.75, 3.05) is 0 Å². The zero-order valence-electron chi connectivity index (χ0n) is 6.54. The van der Waals surface area contributed by atoms with E-state index in [1.165, 1.54) is 12.3 Å². The molecule has 0 spiro atoms. The second-order valence-corrected chi connectivity index (χ2v) is 2.14. The van der Waals surface area contributed by atoms with E-state index in [4.69, 9.17) is 14.7 Å². The minimum atomic E-state index is -1.30. The number of aliphatic carboxylic acids is 1. The Morgan fingerprint density at radius 3 is 2.85 bits per heavy atom. The predicted octanol–water partition coefficient (Wildman–Crippen LogP) is 1.21. The summed E-state index contributed by atoms with van der Waals surface area (Å²) in [6, 6.07) is 3.31. The summed E-state index contributed by atoms with van der Waals surface area (Å²) in [5.74, 6) is -0.812. The van der Waals surface area contributed by atoms with Crippen molar-refractivity contribution < 1.29 is 19.5 Å². The summed E-state index contributed by atoms with van der Waals surface area (Å²) in [4.78, 5) is 10.3. The largest absolute Gasteiger partial charge is 0.476 e. The first-order valence-electron chi connectivity index (χ1n) is 3.41. The predicted molar refractivity (Wildman–Crippen MR) is 44.6 cm³/mol. The number of hydrogen-bond acceptors (Lipinski definition) is 4. The van der Waals surface area contributed by atoms with E-state index in [2.05, 4.69) is 5.16 Å². The molecule has 0 atom stereocenters. The van der Waals surface area contributed by atoms with E-state index in [9.17, 15) is 4.79 Å². The average Bonchev–Trinajstić information content (AvgIpc) is 2.57. The van der Waals surface area contributed by atoms with Gasteiger partial charge in [0.2, 0.25) is 0 Å². The van der Waals surface area contributed by atoms with Gasteiger partial charge in [0.25, 0.3) is 0 Å². The summed E-state index contributed by atoms with van der Waals surface area (Å²) < 4.78 is 4.89. The first-order valence-corrected chi connectivity index (χ1v) is 3.41. The lowest BCUT2D eigenvalue weighted by Crippen LogP contribution is -2.09. The monoisotopic (exact) mass is 181 g/mol. The van der Waals surface area contributed by atoms with Gasteiger partial charge >= 0.3 is 5.97 Å². The molecule has 1 aromatic rings. The van der Waals surface area contributed by atoms with Gasteiger partial charge in [0.05, 0.1) is 6.26 Å². The first-order chi connectivity index (χ1) is 6.24. The second-order valence-electron chi connectivity index (χ2n) is 2.14. The molecule has 5 heteroatoms. The van der Waals surface area contributed by atoms with Crippen molar-refractivity contribution in [3.8, 4) is 0 Å². The zero-order chi connectivity index (χ0) is 9.68.